The molecule has 0 spiro atoms. The van der Waals surface area contributed by atoms with E-state index in [9.17, 15) is 13.6 Å². The van der Waals surface area contributed by atoms with E-state index < -0.39 is 17.6 Å². The first-order valence-electron chi connectivity index (χ1n) is 6.10. The Labute approximate surface area is 120 Å². The zero-order valence-corrected chi connectivity index (χ0v) is 11.1. The molecule has 0 radical (unpaired) electrons. The second-order valence-corrected chi connectivity index (χ2v) is 4.37. The largest absolute Gasteiger partial charge is 0.478 e. The number of carbonyl (C=O) groups is 1. The van der Waals surface area contributed by atoms with E-state index in [-0.39, 0.29) is 5.75 Å². The van der Waals surface area contributed by atoms with Gasteiger partial charge in [-0.2, -0.15) is 0 Å². The first kappa shape index (κ1) is 14.7. The van der Waals surface area contributed by atoms with Crippen molar-refractivity contribution in [3.8, 4) is 11.5 Å². The number of carboxylic acids is 1. The molecule has 2 aromatic carbocycles. The minimum atomic E-state index is -1.05. The molecular weight excluding hydrogens is 278 g/mol. The highest BCUT2D eigenvalue weighted by atomic mass is 19.1. The monoisotopic (exact) mass is 290 g/mol. The maximum atomic E-state index is 13.5. The van der Waals surface area contributed by atoms with Gasteiger partial charge in [-0.3, -0.25) is 0 Å². The van der Waals surface area contributed by atoms with E-state index in [2.05, 4.69) is 0 Å². The molecule has 2 rings (SSSR count). The van der Waals surface area contributed by atoms with Crippen molar-refractivity contribution in [1.82, 2.24) is 0 Å². The van der Waals surface area contributed by atoms with Crippen LogP contribution >= 0.6 is 0 Å². The summed E-state index contributed by atoms with van der Waals surface area (Å²) < 4.78 is 31.9. The van der Waals surface area contributed by atoms with E-state index in [1.807, 2.05) is 0 Å². The molecule has 0 bridgehead atoms. The molecule has 0 aliphatic rings. The number of benzene rings is 2. The van der Waals surface area contributed by atoms with Crippen LogP contribution in [0.15, 0.2) is 42.5 Å². The Morgan fingerprint density at radius 3 is 2.57 bits per heavy atom. The summed E-state index contributed by atoms with van der Waals surface area (Å²) in [6.07, 6.45) is 2.45. The topological polar surface area (TPSA) is 46.5 Å². The van der Waals surface area contributed by atoms with E-state index in [4.69, 9.17) is 9.84 Å². The average Bonchev–Trinajstić information content (AvgIpc) is 2.43. The number of ether oxygens (including phenoxy) is 1. The SMILES string of the molecule is Cc1cc(C=CC(=O)O)ccc1Oc1cc(F)ccc1F. The van der Waals surface area contributed by atoms with Crippen molar-refractivity contribution in [3.63, 3.8) is 0 Å². The van der Waals surface area contributed by atoms with Gasteiger partial charge < -0.3 is 9.84 Å². The standard InChI is InChI=1S/C16H12F2O3/c1-10-8-11(3-7-16(19)20)2-6-14(10)21-15-9-12(17)4-5-13(15)18/h2-9H,1H3,(H,19,20). The van der Waals surface area contributed by atoms with E-state index in [0.29, 0.717) is 16.9 Å². The van der Waals surface area contributed by atoms with Gasteiger partial charge in [0.05, 0.1) is 0 Å². The molecule has 0 saturated heterocycles. The van der Waals surface area contributed by atoms with Crippen LogP contribution in [0.4, 0.5) is 8.78 Å². The Hall–Kier alpha value is -2.69. The van der Waals surface area contributed by atoms with E-state index >= 15 is 0 Å². The second kappa shape index (κ2) is 6.17. The second-order valence-electron chi connectivity index (χ2n) is 4.37. The van der Waals surface area contributed by atoms with Crippen LogP contribution in [-0.4, -0.2) is 11.1 Å². The van der Waals surface area contributed by atoms with Crippen LogP contribution < -0.4 is 4.74 Å². The van der Waals surface area contributed by atoms with Crippen molar-refractivity contribution in [2.24, 2.45) is 0 Å². The lowest BCUT2D eigenvalue weighted by Gasteiger charge is -2.10. The van der Waals surface area contributed by atoms with Crippen LogP contribution in [0.3, 0.4) is 0 Å². The average molecular weight is 290 g/mol. The van der Waals surface area contributed by atoms with Crippen LogP contribution in [0.2, 0.25) is 0 Å². The van der Waals surface area contributed by atoms with Gasteiger partial charge in [0.2, 0.25) is 0 Å². The van der Waals surface area contributed by atoms with Crippen molar-refractivity contribution in [1.29, 1.82) is 0 Å². The summed E-state index contributed by atoms with van der Waals surface area (Å²) in [7, 11) is 0. The fourth-order valence-electron chi connectivity index (χ4n) is 1.73. The molecule has 0 aliphatic heterocycles. The van der Waals surface area contributed by atoms with Crippen molar-refractivity contribution in [2.45, 2.75) is 6.92 Å². The smallest absolute Gasteiger partial charge is 0.328 e. The molecule has 5 heteroatoms. The van der Waals surface area contributed by atoms with E-state index in [0.717, 1.165) is 24.3 Å². The van der Waals surface area contributed by atoms with Gasteiger partial charge in [0.15, 0.2) is 11.6 Å². The Bertz CT molecular complexity index is 709. The Balaban J connectivity index is 2.25. The lowest BCUT2D eigenvalue weighted by molar-refractivity contribution is -0.131. The van der Waals surface area contributed by atoms with Crippen molar-refractivity contribution in [2.75, 3.05) is 0 Å². The molecule has 21 heavy (non-hydrogen) atoms. The van der Waals surface area contributed by atoms with E-state index in [1.54, 1.807) is 25.1 Å². The third-order valence-electron chi connectivity index (χ3n) is 2.73. The van der Waals surface area contributed by atoms with Crippen molar-refractivity contribution in [3.05, 3.63) is 65.2 Å². The molecule has 108 valence electrons. The summed E-state index contributed by atoms with van der Waals surface area (Å²) in [5, 5.41) is 8.56. The Kier molecular flexibility index (Phi) is 4.33. The van der Waals surface area contributed by atoms with Gasteiger partial charge in [-0.15, -0.1) is 0 Å². The molecule has 2 aromatic rings. The predicted octanol–water partition coefficient (Wildman–Crippen LogP) is 4.16. The molecule has 0 saturated carbocycles. The molecule has 0 fully saturated rings. The highest BCUT2D eigenvalue weighted by Crippen LogP contribution is 2.28. The Morgan fingerprint density at radius 2 is 1.90 bits per heavy atom. The fraction of sp³-hybridized carbons (Fsp3) is 0.0625. The van der Waals surface area contributed by atoms with Crippen LogP contribution in [0.5, 0.6) is 11.5 Å². The molecule has 0 heterocycles. The number of rotatable bonds is 4. The number of aryl methyl sites for hydroxylation is 1. The summed E-state index contributed by atoms with van der Waals surface area (Å²) in [5.74, 6) is -2.13. The molecule has 3 nitrogen and oxygen atoms in total. The van der Waals surface area contributed by atoms with Crippen LogP contribution in [0.25, 0.3) is 6.08 Å². The van der Waals surface area contributed by atoms with Crippen LogP contribution in [0, 0.1) is 18.6 Å². The van der Waals surface area contributed by atoms with Gasteiger partial charge in [0, 0.05) is 12.1 Å². The lowest BCUT2D eigenvalue weighted by Crippen LogP contribution is -1.92. The van der Waals surface area contributed by atoms with Gasteiger partial charge in [0.1, 0.15) is 11.6 Å². The third-order valence-corrected chi connectivity index (χ3v) is 2.73. The number of hydrogen-bond donors (Lipinski definition) is 1. The molecule has 0 amide bonds. The molecule has 0 unspecified atom stereocenters. The summed E-state index contributed by atoms with van der Waals surface area (Å²) in [5.41, 5.74) is 1.34. The normalized spacial score (nSPS) is 10.8. The molecule has 0 aliphatic carbocycles. The number of hydrogen-bond acceptors (Lipinski definition) is 2. The minimum absolute atomic E-state index is 0.202. The lowest BCUT2D eigenvalue weighted by atomic mass is 10.1. The Morgan fingerprint density at radius 1 is 1.14 bits per heavy atom. The molecule has 1 N–H and O–H groups in total. The number of halogens is 2. The maximum Gasteiger partial charge on any atom is 0.328 e. The number of carboxylic acid groups (broad SMARTS) is 1. The fourth-order valence-corrected chi connectivity index (χ4v) is 1.73. The van der Waals surface area contributed by atoms with Gasteiger partial charge in [0.25, 0.3) is 0 Å². The highest BCUT2D eigenvalue weighted by molar-refractivity contribution is 5.85. The number of aliphatic carboxylic acids is 1. The predicted molar refractivity (Wildman–Crippen MR) is 74.3 cm³/mol. The van der Waals surface area contributed by atoms with Gasteiger partial charge in [-0.1, -0.05) is 6.07 Å². The maximum absolute atomic E-state index is 13.5. The summed E-state index contributed by atoms with van der Waals surface area (Å²) in [4.78, 5) is 10.4. The first-order valence-corrected chi connectivity index (χ1v) is 6.10. The van der Waals surface area contributed by atoms with Gasteiger partial charge in [-0.05, 0) is 48.4 Å². The first-order chi connectivity index (χ1) is 9.95. The zero-order valence-electron chi connectivity index (χ0n) is 11.1. The molecular formula is C16H12F2O3. The van der Waals surface area contributed by atoms with Gasteiger partial charge in [-0.25, -0.2) is 13.6 Å². The van der Waals surface area contributed by atoms with Crippen molar-refractivity contribution >= 4 is 12.0 Å². The highest BCUT2D eigenvalue weighted by Gasteiger charge is 2.08. The van der Waals surface area contributed by atoms with Crippen LogP contribution in [0.1, 0.15) is 11.1 Å². The van der Waals surface area contributed by atoms with Crippen molar-refractivity contribution < 1.29 is 23.4 Å². The molecule has 0 aromatic heterocycles. The summed E-state index contributed by atoms with van der Waals surface area (Å²) in [6, 6.07) is 7.85. The van der Waals surface area contributed by atoms with Crippen LogP contribution in [-0.2, 0) is 4.79 Å². The quantitative estimate of drug-likeness (QED) is 0.860. The van der Waals surface area contributed by atoms with Gasteiger partial charge >= 0.3 is 5.97 Å². The third kappa shape index (κ3) is 3.89. The summed E-state index contributed by atoms with van der Waals surface area (Å²) >= 11 is 0. The molecule has 0 atom stereocenters. The van der Waals surface area contributed by atoms with E-state index in [1.165, 1.54) is 6.08 Å². The summed E-state index contributed by atoms with van der Waals surface area (Å²) in [6.45, 7) is 1.73. The zero-order chi connectivity index (χ0) is 15.4. The minimum Gasteiger partial charge on any atom is -0.478 e.